The third kappa shape index (κ3) is 4.01. The maximum Gasteiger partial charge on any atom is 0.291 e. The van der Waals surface area contributed by atoms with Crippen molar-refractivity contribution in [3.63, 3.8) is 0 Å². The molecule has 3 aromatic heterocycles. The lowest BCUT2D eigenvalue weighted by Gasteiger charge is -2.19. The summed E-state index contributed by atoms with van der Waals surface area (Å²) in [5.41, 5.74) is 0.344. The van der Waals surface area contributed by atoms with Gasteiger partial charge >= 0.3 is 0 Å². The van der Waals surface area contributed by atoms with Gasteiger partial charge in [-0.3, -0.25) is 14.4 Å². The van der Waals surface area contributed by atoms with Crippen molar-refractivity contribution in [2.24, 2.45) is 0 Å². The average molecular weight is 422 g/mol. The molecule has 0 spiro atoms. The second kappa shape index (κ2) is 8.34. The molecule has 0 aliphatic heterocycles. The first kappa shape index (κ1) is 19.6. The second-order valence-electron chi connectivity index (χ2n) is 6.44. The predicted molar refractivity (Wildman–Crippen MR) is 114 cm³/mol. The number of thiophene rings is 1. The fraction of sp³-hybridized carbons (Fsp3) is 0.143. The van der Waals surface area contributed by atoms with E-state index in [1.165, 1.54) is 17.6 Å². The van der Waals surface area contributed by atoms with Gasteiger partial charge in [-0.2, -0.15) is 0 Å². The van der Waals surface area contributed by atoms with Crippen LogP contribution in [0.15, 0.2) is 64.0 Å². The first-order chi connectivity index (χ1) is 14.5. The van der Waals surface area contributed by atoms with Crippen molar-refractivity contribution in [3.8, 4) is 0 Å². The molecule has 0 saturated carbocycles. The molecule has 0 aliphatic rings. The predicted octanol–water partition coefficient (Wildman–Crippen LogP) is 3.49. The zero-order chi connectivity index (χ0) is 21.1. The summed E-state index contributed by atoms with van der Waals surface area (Å²) in [5, 5.41) is 3.75. The highest BCUT2D eigenvalue weighted by Gasteiger charge is 2.19. The molecule has 0 saturated heterocycles. The number of furan rings is 1. The zero-order valence-electron chi connectivity index (χ0n) is 16.0. The minimum atomic E-state index is -0.383. The van der Waals surface area contributed by atoms with Gasteiger partial charge in [0.05, 0.1) is 33.6 Å². The monoisotopic (exact) mass is 422 g/mol. The minimum absolute atomic E-state index is 0.168. The van der Waals surface area contributed by atoms with Crippen LogP contribution in [-0.4, -0.2) is 33.2 Å². The van der Waals surface area contributed by atoms with Crippen LogP contribution < -0.4 is 10.9 Å². The number of aromatic amines is 1. The Bertz CT molecular complexity index is 1260. The molecule has 0 fully saturated rings. The van der Waals surface area contributed by atoms with Crippen LogP contribution in [0.2, 0.25) is 0 Å². The number of nitrogens with zero attached hydrogens (tertiary/aromatic N) is 2. The van der Waals surface area contributed by atoms with Crippen molar-refractivity contribution in [1.82, 2.24) is 14.9 Å². The van der Waals surface area contributed by atoms with Crippen LogP contribution in [0.25, 0.3) is 10.9 Å². The van der Waals surface area contributed by atoms with Crippen LogP contribution in [0.3, 0.4) is 0 Å². The average Bonchev–Trinajstić information content (AvgIpc) is 3.44. The molecular formula is C21H18N4O4S. The van der Waals surface area contributed by atoms with Crippen LogP contribution >= 0.6 is 11.3 Å². The Morgan fingerprint density at radius 3 is 2.77 bits per heavy atom. The first-order valence-electron chi connectivity index (χ1n) is 9.27. The summed E-state index contributed by atoms with van der Waals surface area (Å²) in [6, 6.07) is 13.6. The molecular weight excluding hydrogens is 404 g/mol. The van der Waals surface area contributed by atoms with E-state index in [4.69, 9.17) is 4.42 Å². The number of nitrogens with one attached hydrogen (secondary N) is 2. The molecule has 3 heterocycles. The number of aromatic nitrogens is 2. The molecule has 0 bridgehead atoms. The number of para-hydroxylation sites is 1. The summed E-state index contributed by atoms with van der Waals surface area (Å²) in [6.45, 7) is 2.45. The Hall–Kier alpha value is -3.72. The smallest absolute Gasteiger partial charge is 0.291 e. The Labute approximate surface area is 175 Å². The Morgan fingerprint density at radius 1 is 1.17 bits per heavy atom. The Balaban J connectivity index is 1.50. The molecule has 4 aromatic rings. The van der Waals surface area contributed by atoms with E-state index in [9.17, 15) is 14.4 Å². The van der Waals surface area contributed by atoms with Crippen LogP contribution in [0, 0.1) is 0 Å². The van der Waals surface area contributed by atoms with Crippen molar-refractivity contribution in [2.75, 3.05) is 11.9 Å². The summed E-state index contributed by atoms with van der Waals surface area (Å²) in [5.74, 6) is 0.0116. The van der Waals surface area contributed by atoms with Gasteiger partial charge in [0.25, 0.3) is 17.4 Å². The number of carbonyl (C=O) groups is 2. The number of benzene rings is 1. The maximum absolute atomic E-state index is 12.9. The van der Waals surface area contributed by atoms with Crippen LogP contribution in [0.5, 0.6) is 0 Å². The lowest BCUT2D eigenvalue weighted by molar-refractivity contribution is 0.0753. The number of hydrogen-bond acceptors (Lipinski definition) is 6. The number of anilines is 1. The summed E-state index contributed by atoms with van der Waals surface area (Å²) in [7, 11) is 0. The van der Waals surface area contributed by atoms with E-state index in [-0.39, 0.29) is 29.7 Å². The fourth-order valence-electron chi connectivity index (χ4n) is 2.97. The van der Waals surface area contributed by atoms with E-state index < -0.39 is 0 Å². The number of rotatable bonds is 6. The third-order valence-corrected chi connectivity index (χ3v) is 5.46. The second-order valence-corrected chi connectivity index (χ2v) is 7.53. The summed E-state index contributed by atoms with van der Waals surface area (Å²) in [4.78, 5) is 46.5. The van der Waals surface area contributed by atoms with Crippen molar-refractivity contribution in [2.45, 2.75) is 13.5 Å². The molecule has 8 nitrogen and oxygen atoms in total. The van der Waals surface area contributed by atoms with Gasteiger partial charge in [0.2, 0.25) is 0 Å². The van der Waals surface area contributed by atoms with Gasteiger partial charge in [0, 0.05) is 6.54 Å². The van der Waals surface area contributed by atoms with Gasteiger partial charge in [-0.15, -0.1) is 11.3 Å². The van der Waals surface area contributed by atoms with E-state index in [2.05, 4.69) is 15.3 Å². The molecule has 0 aliphatic carbocycles. The molecule has 9 heteroatoms. The van der Waals surface area contributed by atoms with E-state index in [0.717, 1.165) is 0 Å². The number of carbonyl (C=O) groups excluding carboxylic acids is 2. The highest BCUT2D eigenvalue weighted by atomic mass is 32.1. The SMILES string of the molecule is CCN(Cc1nc2ccccc2c(=O)[nH]1)C(=O)c1ccc(NC(=O)c2ccco2)s1. The van der Waals surface area contributed by atoms with Gasteiger partial charge in [-0.25, -0.2) is 4.98 Å². The Kier molecular flexibility index (Phi) is 5.44. The molecule has 152 valence electrons. The van der Waals surface area contributed by atoms with Crippen LogP contribution in [0.4, 0.5) is 5.00 Å². The van der Waals surface area contributed by atoms with E-state index in [1.54, 1.807) is 47.4 Å². The van der Waals surface area contributed by atoms with Gasteiger partial charge in [-0.1, -0.05) is 12.1 Å². The fourth-order valence-corrected chi connectivity index (χ4v) is 3.84. The van der Waals surface area contributed by atoms with Gasteiger partial charge in [-0.05, 0) is 43.3 Å². The summed E-state index contributed by atoms with van der Waals surface area (Å²) < 4.78 is 5.07. The van der Waals surface area contributed by atoms with Crippen molar-refractivity contribution in [1.29, 1.82) is 0 Å². The molecule has 2 amide bonds. The molecule has 4 rings (SSSR count). The highest BCUT2D eigenvalue weighted by molar-refractivity contribution is 7.18. The number of hydrogen-bond donors (Lipinski definition) is 2. The van der Waals surface area contributed by atoms with Gasteiger partial charge < -0.3 is 19.6 Å². The topological polar surface area (TPSA) is 108 Å². The van der Waals surface area contributed by atoms with E-state index in [1.807, 2.05) is 13.0 Å². The summed E-state index contributed by atoms with van der Waals surface area (Å²) >= 11 is 1.17. The minimum Gasteiger partial charge on any atom is -0.459 e. The normalized spacial score (nSPS) is 10.8. The van der Waals surface area contributed by atoms with Crippen molar-refractivity contribution >= 4 is 39.1 Å². The van der Waals surface area contributed by atoms with Crippen LogP contribution in [0.1, 0.15) is 33.0 Å². The van der Waals surface area contributed by atoms with Crippen molar-refractivity contribution < 1.29 is 14.0 Å². The molecule has 1 aromatic carbocycles. The molecule has 0 radical (unpaired) electrons. The molecule has 0 unspecified atom stereocenters. The quantitative estimate of drug-likeness (QED) is 0.494. The highest BCUT2D eigenvalue weighted by Crippen LogP contribution is 2.24. The standard InChI is InChI=1S/C21H18N4O4S/c1-2-25(12-17-22-14-7-4-3-6-13(14)19(26)23-17)21(28)16-9-10-18(30-16)24-20(27)15-8-5-11-29-15/h3-11H,2,12H2,1H3,(H,24,27)(H,22,23,26). The maximum atomic E-state index is 12.9. The largest absolute Gasteiger partial charge is 0.459 e. The number of amides is 2. The Morgan fingerprint density at radius 2 is 2.00 bits per heavy atom. The lowest BCUT2D eigenvalue weighted by Crippen LogP contribution is -2.31. The summed E-state index contributed by atoms with van der Waals surface area (Å²) in [6.07, 6.45) is 1.42. The zero-order valence-corrected chi connectivity index (χ0v) is 16.9. The van der Waals surface area contributed by atoms with E-state index >= 15 is 0 Å². The molecule has 2 N–H and O–H groups in total. The van der Waals surface area contributed by atoms with Gasteiger partial charge in [0.15, 0.2) is 5.76 Å². The van der Waals surface area contributed by atoms with Crippen LogP contribution in [-0.2, 0) is 6.54 Å². The van der Waals surface area contributed by atoms with Gasteiger partial charge in [0.1, 0.15) is 5.82 Å². The van der Waals surface area contributed by atoms with Crippen molar-refractivity contribution in [3.05, 3.63) is 81.6 Å². The molecule has 30 heavy (non-hydrogen) atoms. The number of H-pyrrole nitrogens is 1. The van der Waals surface area contributed by atoms with E-state index in [0.29, 0.717) is 33.2 Å². The number of fused-ring (bicyclic) bond motifs is 1. The third-order valence-electron chi connectivity index (χ3n) is 4.47. The lowest BCUT2D eigenvalue weighted by atomic mass is 10.2. The molecule has 0 atom stereocenters. The first-order valence-corrected chi connectivity index (χ1v) is 10.1.